The summed E-state index contributed by atoms with van der Waals surface area (Å²) in [5.74, 6) is -1.21. The summed E-state index contributed by atoms with van der Waals surface area (Å²) in [5, 5.41) is 0.799. The topological polar surface area (TPSA) is 38.8 Å². The number of alkyl halides is 3. The molecular formula is C10H9ClF3NO3. The predicted molar refractivity (Wildman–Crippen MR) is 57.2 cm³/mol. The highest BCUT2D eigenvalue weighted by molar-refractivity contribution is 6.31. The van der Waals surface area contributed by atoms with Crippen LogP contribution in [-0.4, -0.2) is 31.5 Å². The molecule has 1 rings (SSSR count). The van der Waals surface area contributed by atoms with Crippen molar-refractivity contribution >= 4 is 17.5 Å². The van der Waals surface area contributed by atoms with Gasteiger partial charge < -0.3 is 4.74 Å². The maximum absolute atomic E-state index is 12.0. The normalized spacial score (nSPS) is 11.2. The number of benzene rings is 1. The number of hydroxylamine groups is 2. The van der Waals surface area contributed by atoms with Crippen LogP contribution in [0.3, 0.4) is 0 Å². The van der Waals surface area contributed by atoms with Gasteiger partial charge in [0, 0.05) is 17.6 Å². The number of halogens is 4. The minimum atomic E-state index is -4.85. The first-order chi connectivity index (χ1) is 8.23. The molecule has 0 bridgehead atoms. The number of amides is 1. The summed E-state index contributed by atoms with van der Waals surface area (Å²) in [6, 6.07) is 3.10. The van der Waals surface area contributed by atoms with Crippen LogP contribution in [0.25, 0.3) is 0 Å². The third-order valence-corrected chi connectivity index (χ3v) is 2.13. The van der Waals surface area contributed by atoms with Crippen LogP contribution >= 0.6 is 11.6 Å². The molecule has 0 aliphatic carbocycles. The van der Waals surface area contributed by atoms with E-state index in [1.54, 1.807) is 0 Å². The zero-order valence-corrected chi connectivity index (χ0v) is 10.2. The van der Waals surface area contributed by atoms with Gasteiger partial charge in [0.15, 0.2) is 0 Å². The summed E-state index contributed by atoms with van der Waals surface area (Å²) >= 11 is 5.61. The first-order valence-corrected chi connectivity index (χ1v) is 4.99. The number of hydrogen-bond acceptors (Lipinski definition) is 3. The van der Waals surface area contributed by atoms with Crippen molar-refractivity contribution < 1.29 is 27.5 Å². The Morgan fingerprint density at radius 2 is 1.94 bits per heavy atom. The predicted octanol–water partition coefficient (Wildman–Crippen LogP) is 2.87. The van der Waals surface area contributed by atoms with Crippen molar-refractivity contribution in [3.05, 3.63) is 28.8 Å². The van der Waals surface area contributed by atoms with Gasteiger partial charge in [-0.3, -0.25) is 9.63 Å². The van der Waals surface area contributed by atoms with Gasteiger partial charge in [-0.1, -0.05) is 11.6 Å². The van der Waals surface area contributed by atoms with Crippen LogP contribution in [-0.2, 0) is 4.84 Å². The Bertz CT molecular complexity index is 450. The van der Waals surface area contributed by atoms with Crippen molar-refractivity contribution in [2.45, 2.75) is 6.36 Å². The molecule has 1 aromatic carbocycles. The van der Waals surface area contributed by atoms with E-state index in [2.05, 4.69) is 9.57 Å². The lowest BCUT2D eigenvalue weighted by Crippen LogP contribution is -2.25. The Hall–Kier alpha value is -1.47. The molecular weight excluding hydrogens is 275 g/mol. The average molecular weight is 284 g/mol. The molecule has 4 nitrogen and oxygen atoms in total. The summed E-state index contributed by atoms with van der Waals surface area (Å²) in [7, 11) is 2.56. The molecule has 0 unspecified atom stereocenters. The van der Waals surface area contributed by atoms with Gasteiger partial charge in [0.1, 0.15) is 5.75 Å². The van der Waals surface area contributed by atoms with E-state index in [0.29, 0.717) is 0 Å². The lowest BCUT2D eigenvalue weighted by molar-refractivity contribution is -0.274. The molecule has 8 heteroatoms. The van der Waals surface area contributed by atoms with Crippen molar-refractivity contribution in [1.82, 2.24) is 5.06 Å². The van der Waals surface area contributed by atoms with E-state index in [0.717, 1.165) is 17.2 Å². The first-order valence-electron chi connectivity index (χ1n) is 4.61. The van der Waals surface area contributed by atoms with Gasteiger partial charge >= 0.3 is 6.36 Å². The number of ether oxygens (including phenoxy) is 1. The van der Waals surface area contributed by atoms with Crippen LogP contribution in [0.15, 0.2) is 18.2 Å². The highest BCUT2D eigenvalue weighted by Gasteiger charge is 2.31. The van der Waals surface area contributed by atoms with Crippen LogP contribution in [0.1, 0.15) is 10.4 Å². The Kier molecular flexibility index (Phi) is 4.42. The van der Waals surface area contributed by atoms with Gasteiger partial charge in [0.25, 0.3) is 5.91 Å². The summed E-state index contributed by atoms with van der Waals surface area (Å²) < 4.78 is 39.8. The molecule has 0 aliphatic heterocycles. The van der Waals surface area contributed by atoms with Crippen LogP contribution in [0, 0.1) is 0 Å². The molecule has 100 valence electrons. The molecule has 0 fully saturated rings. The smallest absolute Gasteiger partial charge is 0.406 e. The van der Waals surface area contributed by atoms with Gasteiger partial charge in [-0.25, -0.2) is 5.06 Å². The van der Waals surface area contributed by atoms with E-state index in [-0.39, 0.29) is 10.6 Å². The minimum Gasteiger partial charge on any atom is -0.406 e. The fourth-order valence-corrected chi connectivity index (χ4v) is 1.37. The Labute approximate surface area is 106 Å². The molecule has 1 amide bonds. The van der Waals surface area contributed by atoms with E-state index < -0.39 is 18.0 Å². The van der Waals surface area contributed by atoms with Crippen molar-refractivity contribution in [2.75, 3.05) is 14.2 Å². The van der Waals surface area contributed by atoms with Gasteiger partial charge in [-0.15, -0.1) is 13.2 Å². The summed E-state index contributed by atoms with van der Waals surface area (Å²) in [6.45, 7) is 0. The molecule has 0 aliphatic rings. The lowest BCUT2D eigenvalue weighted by atomic mass is 10.2. The maximum atomic E-state index is 12.0. The molecule has 0 atom stereocenters. The quantitative estimate of drug-likeness (QED) is 0.801. The SMILES string of the molecule is CON(C)C(=O)c1cc(Cl)cc(OC(F)(F)F)c1. The van der Waals surface area contributed by atoms with Crippen LogP contribution in [0.2, 0.25) is 5.02 Å². The van der Waals surface area contributed by atoms with E-state index in [1.165, 1.54) is 20.2 Å². The second-order valence-electron chi connectivity index (χ2n) is 3.21. The number of hydrogen-bond donors (Lipinski definition) is 0. The summed E-state index contributed by atoms with van der Waals surface area (Å²) in [4.78, 5) is 16.3. The lowest BCUT2D eigenvalue weighted by Gasteiger charge is -2.15. The van der Waals surface area contributed by atoms with E-state index in [1.807, 2.05) is 0 Å². The van der Waals surface area contributed by atoms with Gasteiger partial charge in [-0.05, 0) is 18.2 Å². The molecule has 0 radical (unpaired) electrons. The first kappa shape index (κ1) is 14.6. The van der Waals surface area contributed by atoms with Gasteiger partial charge in [0.2, 0.25) is 0 Å². The van der Waals surface area contributed by atoms with Gasteiger partial charge in [-0.2, -0.15) is 0 Å². The Morgan fingerprint density at radius 3 is 2.44 bits per heavy atom. The van der Waals surface area contributed by atoms with Crippen molar-refractivity contribution in [3.63, 3.8) is 0 Å². The average Bonchev–Trinajstić information content (AvgIpc) is 2.23. The Balaban J connectivity index is 3.05. The van der Waals surface area contributed by atoms with Crippen molar-refractivity contribution in [3.8, 4) is 5.75 Å². The molecule has 0 saturated carbocycles. The second-order valence-corrected chi connectivity index (χ2v) is 3.65. The second kappa shape index (κ2) is 5.45. The van der Waals surface area contributed by atoms with Crippen molar-refractivity contribution in [1.29, 1.82) is 0 Å². The molecule has 0 spiro atoms. The van der Waals surface area contributed by atoms with Crippen LogP contribution < -0.4 is 4.74 Å². The molecule has 0 heterocycles. The summed E-state index contributed by atoms with van der Waals surface area (Å²) in [6.07, 6.45) is -4.85. The minimum absolute atomic E-state index is 0.0513. The number of carbonyl (C=O) groups is 1. The molecule has 0 saturated heterocycles. The third kappa shape index (κ3) is 4.08. The monoisotopic (exact) mass is 283 g/mol. The third-order valence-electron chi connectivity index (χ3n) is 1.91. The van der Waals surface area contributed by atoms with Crippen LogP contribution in [0.5, 0.6) is 5.75 Å². The fourth-order valence-electron chi connectivity index (χ4n) is 1.14. The zero-order chi connectivity index (χ0) is 13.9. The van der Waals surface area contributed by atoms with E-state index in [4.69, 9.17) is 11.6 Å². The van der Waals surface area contributed by atoms with E-state index >= 15 is 0 Å². The van der Waals surface area contributed by atoms with Crippen molar-refractivity contribution in [2.24, 2.45) is 0 Å². The molecule has 1 aromatic rings. The highest BCUT2D eigenvalue weighted by atomic mass is 35.5. The Morgan fingerprint density at radius 1 is 1.33 bits per heavy atom. The standard InChI is InChI=1S/C10H9ClF3NO3/c1-15(17-2)9(16)6-3-7(11)5-8(4-6)18-10(12,13)14/h3-5H,1-2H3. The highest BCUT2D eigenvalue weighted by Crippen LogP contribution is 2.27. The van der Waals surface area contributed by atoms with Crippen LogP contribution in [0.4, 0.5) is 13.2 Å². The number of rotatable bonds is 3. The zero-order valence-electron chi connectivity index (χ0n) is 9.42. The number of nitrogens with zero attached hydrogens (tertiary/aromatic N) is 1. The van der Waals surface area contributed by atoms with E-state index in [9.17, 15) is 18.0 Å². The number of carbonyl (C=O) groups excluding carboxylic acids is 1. The maximum Gasteiger partial charge on any atom is 0.573 e. The summed E-state index contributed by atoms with van der Waals surface area (Å²) in [5.41, 5.74) is -0.0777. The largest absolute Gasteiger partial charge is 0.573 e. The fraction of sp³-hybridized carbons (Fsp3) is 0.300. The molecule has 0 N–H and O–H groups in total. The van der Waals surface area contributed by atoms with Gasteiger partial charge in [0.05, 0.1) is 7.11 Å². The molecule has 18 heavy (non-hydrogen) atoms. The molecule has 0 aromatic heterocycles.